The molecule has 37 heavy (non-hydrogen) atoms. The van der Waals surface area contributed by atoms with E-state index in [2.05, 4.69) is 26.1 Å². The van der Waals surface area contributed by atoms with Gasteiger partial charge in [-0.3, -0.25) is 14.4 Å². The number of nitrogens with zero attached hydrogens (tertiary/aromatic N) is 2. The van der Waals surface area contributed by atoms with Crippen LogP contribution in [0.25, 0.3) is 0 Å². The quantitative estimate of drug-likeness (QED) is 0.453. The van der Waals surface area contributed by atoms with Crippen LogP contribution >= 0.6 is 0 Å². The number of carbonyl (C=O) groups is 2. The lowest BCUT2D eigenvalue weighted by Gasteiger charge is -2.21. The number of nitrogens with one attached hydrogen (secondary N) is 1. The largest absolute Gasteiger partial charge is 0.495 e. The van der Waals surface area contributed by atoms with E-state index < -0.39 is 17.2 Å². The molecule has 0 bridgehead atoms. The highest BCUT2D eigenvalue weighted by molar-refractivity contribution is 6.10. The van der Waals surface area contributed by atoms with E-state index in [1.165, 1.54) is 23.9 Å². The summed E-state index contributed by atoms with van der Waals surface area (Å²) in [4.78, 5) is 38.6. The smallest absolute Gasteiger partial charge is 0.268 e. The molecule has 1 N–H and O–H groups in total. The van der Waals surface area contributed by atoms with Crippen LogP contribution in [0.2, 0.25) is 0 Å². The molecular weight excluding hydrogens is 470 g/mol. The Hall–Kier alpha value is -4.38. The Kier molecular flexibility index (Phi) is 7.16. The second-order valence-electron chi connectivity index (χ2n) is 10.0. The molecule has 0 saturated heterocycles. The Morgan fingerprint density at radius 3 is 2.49 bits per heavy atom. The van der Waals surface area contributed by atoms with Crippen molar-refractivity contribution in [3.05, 3.63) is 87.3 Å². The Bertz CT molecular complexity index is 1460. The van der Waals surface area contributed by atoms with Crippen LogP contribution in [0.15, 0.2) is 59.5 Å². The molecule has 4 rings (SSSR count). The fourth-order valence-electron chi connectivity index (χ4n) is 3.97. The monoisotopic (exact) mass is 499 g/mol. The van der Waals surface area contributed by atoms with Crippen molar-refractivity contribution in [3.8, 4) is 17.6 Å². The molecule has 3 aromatic rings. The molecule has 1 heterocycles. The highest BCUT2D eigenvalue weighted by Crippen LogP contribution is 2.34. The van der Waals surface area contributed by atoms with E-state index in [1.807, 2.05) is 24.3 Å². The minimum absolute atomic E-state index is 0.0105. The lowest BCUT2D eigenvalue weighted by Crippen LogP contribution is -2.24. The van der Waals surface area contributed by atoms with Gasteiger partial charge in [0.15, 0.2) is 12.4 Å². The number of amides is 1. The number of rotatable bonds is 8. The summed E-state index contributed by atoms with van der Waals surface area (Å²) < 4.78 is 12.6. The third-order valence-corrected chi connectivity index (χ3v) is 6.20. The molecule has 0 spiro atoms. The van der Waals surface area contributed by atoms with Gasteiger partial charge in [0.25, 0.3) is 11.5 Å². The number of benzene rings is 2. The predicted molar refractivity (Wildman–Crippen MR) is 139 cm³/mol. The molecule has 0 radical (unpaired) electrons. The number of ketones is 1. The number of hydrogen-bond donors (Lipinski definition) is 1. The summed E-state index contributed by atoms with van der Waals surface area (Å²) in [6.07, 6.45) is 3.17. The van der Waals surface area contributed by atoms with Gasteiger partial charge in [0.05, 0.1) is 18.4 Å². The maximum atomic E-state index is 13.4. The summed E-state index contributed by atoms with van der Waals surface area (Å²) in [5.41, 5.74) is 1.41. The number of nitriles is 1. The number of anilines is 1. The average Bonchev–Trinajstić information content (AvgIpc) is 3.72. The summed E-state index contributed by atoms with van der Waals surface area (Å²) >= 11 is 0. The molecule has 1 aliphatic rings. The number of carbonyl (C=O) groups excluding carboxylic acids is 2. The van der Waals surface area contributed by atoms with Crippen molar-refractivity contribution in [2.24, 2.45) is 0 Å². The molecule has 1 aromatic heterocycles. The van der Waals surface area contributed by atoms with E-state index in [0.29, 0.717) is 11.4 Å². The topological polar surface area (TPSA) is 110 Å². The molecule has 8 heteroatoms. The van der Waals surface area contributed by atoms with Crippen molar-refractivity contribution in [2.45, 2.75) is 45.1 Å². The number of para-hydroxylation sites is 1. The van der Waals surface area contributed by atoms with Gasteiger partial charge >= 0.3 is 0 Å². The molecule has 1 saturated carbocycles. The van der Waals surface area contributed by atoms with Crippen LogP contribution in [0.4, 0.5) is 5.69 Å². The Labute approximate surface area is 215 Å². The van der Waals surface area contributed by atoms with Crippen LogP contribution in [0.3, 0.4) is 0 Å². The summed E-state index contributed by atoms with van der Waals surface area (Å²) in [6.45, 7) is 5.90. The molecule has 1 amide bonds. The highest BCUT2D eigenvalue weighted by atomic mass is 16.5. The second-order valence-corrected chi connectivity index (χ2v) is 10.0. The zero-order valence-corrected chi connectivity index (χ0v) is 21.3. The van der Waals surface area contributed by atoms with E-state index in [1.54, 1.807) is 24.3 Å². The lowest BCUT2D eigenvalue weighted by atomic mass is 9.87. The fraction of sp³-hybridized carbons (Fsp3) is 0.310. The van der Waals surface area contributed by atoms with Crippen molar-refractivity contribution in [3.63, 3.8) is 0 Å². The molecular formula is C29H29N3O5. The summed E-state index contributed by atoms with van der Waals surface area (Å²) in [7, 11) is 1.53. The molecule has 1 fully saturated rings. The number of pyridine rings is 1. The molecule has 190 valence electrons. The first-order valence-electron chi connectivity index (χ1n) is 12.0. The van der Waals surface area contributed by atoms with Gasteiger partial charge in [-0.2, -0.15) is 5.26 Å². The minimum Gasteiger partial charge on any atom is -0.495 e. The maximum absolute atomic E-state index is 13.4. The standard InChI is InChI=1S/C29H29N3O5/c1-29(2,3)20-9-12-25(36-4)23(14-20)31-26(33)17-37-24-8-6-5-7-22(24)27(34)19-13-18(15-30)28(35)32(16-19)21-10-11-21/h5-9,12-14,16,21H,10-11,17H2,1-4H3,(H,31,33). The van der Waals surface area contributed by atoms with Gasteiger partial charge in [-0.25, -0.2) is 0 Å². The van der Waals surface area contributed by atoms with Gasteiger partial charge in [0.1, 0.15) is 23.1 Å². The first-order valence-corrected chi connectivity index (χ1v) is 12.0. The van der Waals surface area contributed by atoms with Crippen LogP contribution in [-0.2, 0) is 10.2 Å². The number of methoxy groups -OCH3 is 1. The normalized spacial score (nSPS) is 12.9. The van der Waals surface area contributed by atoms with E-state index in [9.17, 15) is 19.6 Å². The molecule has 0 unspecified atom stereocenters. The first-order chi connectivity index (χ1) is 17.6. The van der Waals surface area contributed by atoms with Crippen molar-refractivity contribution < 1.29 is 19.1 Å². The van der Waals surface area contributed by atoms with Crippen LogP contribution in [0.5, 0.6) is 11.5 Å². The van der Waals surface area contributed by atoms with Gasteiger partial charge in [0, 0.05) is 17.8 Å². The highest BCUT2D eigenvalue weighted by Gasteiger charge is 2.27. The Balaban J connectivity index is 1.53. The van der Waals surface area contributed by atoms with Gasteiger partial charge in [-0.15, -0.1) is 0 Å². The number of hydrogen-bond acceptors (Lipinski definition) is 6. The number of aromatic nitrogens is 1. The molecule has 0 aliphatic heterocycles. The van der Waals surface area contributed by atoms with Gasteiger partial charge in [-0.05, 0) is 54.2 Å². The summed E-state index contributed by atoms with van der Waals surface area (Å²) in [6, 6.07) is 15.4. The third kappa shape index (κ3) is 5.72. The molecule has 1 aliphatic carbocycles. The van der Waals surface area contributed by atoms with Crippen LogP contribution < -0.4 is 20.3 Å². The molecule has 0 atom stereocenters. The van der Waals surface area contributed by atoms with Crippen molar-refractivity contribution >= 4 is 17.4 Å². The molecule has 2 aromatic carbocycles. The number of ether oxygens (including phenoxy) is 2. The minimum atomic E-state index is -0.416. The lowest BCUT2D eigenvalue weighted by molar-refractivity contribution is -0.118. The SMILES string of the molecule is COc1ccc(C(C)(C)C)cc1NC(=O)COc1ccccc1C(=O)c1cc(C#N)c(=O)n(C2CC2)c1. The van der Waals surface area contributed by atoms with Gasteiger partial charge in [0.2, 0.25) is 0 Å². The zero-order chi connectivity index (χ0) is 26.7. The van der Waals surface area contributed by atoms with Crippen LogP contribution in [0, 0.1) is 11.3 Å². The maximum Gasteiger partial charge on any atom is 0.268 e. The van der Waals surface area contributed by atoms with E-state index in [4.69, 9.17) is 9.47 Å². The summed E-state index contributed by atoms with van der Waals surface area (Å²) in [5.74, 6) is -0.0705. The van der Waals surface area contributed by atoms with Crippen molar-refractivity contribution in [2.75, 3.05) is 19.0 Å². The van der Waals surface area contributed by atoms with E-state index in [-0.39, 0.29) is 40.5 Å². The summed E-state index contributed by atoms with van der Waals surface area (Å²) in [5, 5.41) is 12.2. The third-order valence-electron chi connectivity index (χ3n) is 6.20. The van der Waals surface area contributed by atoms with Crippen LogP contribution in [-0.4, -0.2) is 30.0 Å². The predicted octanol–water partition coefficient (Wildman–Crippen LogP) is 4.61. The second kappa shape index (κ2) is 10.3. The average molecular weight is 500 g/mol. The van der Waals surface area contributed by atoms with E-state index in [0.717, 1.165) is 18.4 Å². The van der Waals surface area contributed by atoms with E-state index >= 15 is 0 Å². The van der Waals surface area contributed by atoms with Crippen LogP contribution in [0.1, 0.15) is 66.7 Å². The van der Waals surface area contributed by atoms with Gasteiger partial charge < -0.3 is 19.4 Å². The van der Waals surface area contributed by atoms with Crippen molar-refractivity contribution in [1.29, 1.82) is 5.26 Å². The zero-order valence-electron chi connectivity index (χ0n) is 21.3. The molecule has 8 nitrogen and oxygen atoms in total. The Morgan fingerprint density at radius 1 is 1.11 bits per heavy atom. The fourth-order valence-corrected chi connectivity index (χ4v) is 3.97. The Morgan fingerprint density at radius 2 is 1.84 bits per heavy atom. The van der Waals surface area contributed by atoms with Gasteiger partial charge in [-0.1, -0.05) is 39.0 Å². The van der Waals surface area contributed by atoms with Crippen molar-refractivity contribution in [1.82, 2.24) is 4.57 Å². The first kappa shape index (κ1) is 25.7.